The molecule has 0 aliphatic carbocycles. The molecule has 0 saturated heterocycles. The maximum Gasteiger partial charge on any atom is 0.381 e. The molecule has 0 atom stereocenters. The van der Waals surface area contributed by atoms with Crippen LogP contribution in [0.2, 0.25) is 0 Å². The van der Waals surface area contributed by atoms with Crippen LogP contribution in [0.4, 0.5) is 16.0 Å². The number of anilines is 3. The Balaban J connectivity index is 2.16. The quantitative estimate of drug-likeness (QED) is 0.544. The van der Waals surface area contributed by atoms with Gasteiger partial charge in [-0.15, -0.1) is 10.2 Å². The summed E-state index contributed by atoms with van der Waals surface area (Å²) in [7, 11) is 2.92. The van der Waals surface area contributed by atoms with E-state index in [9.17, 15) is 9.59 Å². The van der Waals surface area contributed by atoms with Crippen molar-refractivity contribution in [2.45, 2.75) is 6.92 Å². The Bertz CT molecular complexity index is 872. The van der Waals surface area contributed by atoms with E-state index in [2.05, 4.69) is 26.1 Å². The number of hydrogen-bond donors (Lipinski definition) is 4. The second kappa shape index (κ2) is 8.06. The summed E-state index contributed by atoms with van der Waals surface area (Å²) in [5.41, 5.74) is 0.256. The summed E-state index contributed by atoms with van der Waals surface area (Å²) in [6, 6.07) is 1.35. The number of nitrogens with one attached hydrogen (secondary N) is 4. The standard InChI is InChI=1S/C14H16N6O4S/c1-7(4-5-15)17-13-19-20-14(25-13)18-11(21)9-6-8(16-2)10(23-3)12(22)24-9/h4-6,15-16H,1-3H3,(H,17,19)(H,18,20,21)/b7-4-,15-5?. The van der Waals surface area contributed by atoms with Crippen LogP contribution < -0.4 is 26.3 Å². The Kier molecular flexibility index (Phi) is 5.84. The molecule has 1 amide bonds. The fourth-order valence-corrected chi connectivity index (χ4v) is 2.49. The van der Waals surface area contributed by atoms with E-state index >= 15 is 0 Å². The predicted molar refractivity (Wildman–Crippen MR) is 95.1 cm³/mol. The second-order valence-corrected chi connectivity index (χ2v) is 5.58. The first kappa shape index (κ1) is 18.1. The Morgan fingerprint density at radius 3 is 2.64 bits per heavy atom. The highest BCUT2D eigenvalue weighted by Gasteiger charge is 2.18. The molecule has 132 valence electrons. The third-order valence-corrected chi connectivity index (χ3v) is 3.64. The average molecular weight is 364 g/mol. The van der Waals surface area contributed by atoms with Crippen molar-refractivity contribution >= 4 is 39.4 Å². The Morgan fingerprint density at radius 1 is 1.36 bits per heavy atom. The summed E-state index contributed by atoms with van der Waals surface area (Å²) >= 11 is 1.09. The van der Waals surface area contributed by atoms with Gasteiger partial charge in [-0.3, -0.25) is 10.1 Å². The maximum absolute atomic E-state index is 12.2. The summed E-state index contributed by atoms with van der Waals surface area (Å²) in [6.45, 7) is 1.76. The van der Waals surface area contributed by atoms with Crippen LogP contribution in [-0.4, -0.2) is 36.5 Å². The lowest BCUT2D eigenvalue weighted by Gasteiger charge is -2.07. The molecular weight excluding hydrogens is 348 g/mol. The summed E-state index contributed by atoms with van der Waals surface area (Å²) in [5.74, 6) is -0.861. The van der Waals surface area contributed by atoms with Crippen LogP contribution in [0.3, 0.4) is 0 Å². The van der Waals surface area contributed by atoms with E-state index in [4.69, 9.17) is 14.6 Å². The van der Waals surface area contributed by atoms with Gasteiger partial charge in [0, 0.05) is 25.0 Å². The smallest absolute Gasteiger partial charge is 0.381 e. The Morgan fingerprint density at radius 2 is 2.04 bits per heavy atom. The van der Waals surface area contributed by atoms with Crippen molar-refractivity contribution in [3.05, 3.63) is 34.0 Å². The van der Waals surface area contributed by atoms with Crippen molar-refractivity contribution < 1.29 is 13.9 Å². The van der Waals surface area contributed by atoms with Crippen LogP contribution >= 0.6 is 11.3 Å². The van der Waals surface area contributed by atoms with Gasteiger partial charge >= 0.3 is 5.63 Å². The van der Waals surface area contributed by atoms with Crippen molar-refractivity contribution in [1.82, 2.24) is 10.2 Å². The molecule has 0 aliphatic rings. The van der Waals surface area contributed by atoms with Gasteiger partial charge in [-0.05, 0) is 13.0 Å². The van der Waals surface area contributed by atoms with E-state index in [1.807, 2.05) is 0 Å². The Labute approximate surface area is 146 Å². The third-order valence-electron chi connectivity index (χ3n) is 2.89. The molecule has 0 radical (unpaired) electrons. The normalized spacial score (nSPS) is 10.9. The van der Waals surface area contributed by atoms with Crippen LogP contribution in [0.15, 0.2) is 27.1 Å². The molecule has 0 fully saturated rings. The molecule has 0 spiro atoms. The molecule has 2 rings (SSSR count). The van der Waals surface area contributed by atoms with E-state index in [1.165, 1.54) is 13.2 Å². The molecule has 25 heavy (non-hydrogen) atoms. The zero-order valence-electron chi connectivity index (χ0n) is 13.7. The first-order valence-electron chi connectivity index (χ1n) is 6.97. The van der Waals surface area contributed by atoms with Crippen molar-refractivity contribution in [2.75, 3.05) is 30.1 Å². The van der Waals surface area contributed by atoms with Crippen LogP contribution in [0.5, 0.6) is 5.75 Å². The summed E-state index contributed by atoms with van der Waals surface area (Å²) in [6.07, 6.45) is 2.68. The lowest BCUT2D eigenvalue weighted by atomic mass is 10.3. The molecule has 0 aliphatic heterocycles. The van der Waals surface area contributed by atoms with Crippen molar-refractivity contribution in [2.24, 2.45) is 0 Å². The minimum absolute atomic E-state index is 0.0186. The number of carbonyl (C=O) groups excluding carboxylic acids is 1. The zero-order chi connectivity index (χ0) is 18.4. The Hall–Kier alpha value is -3.21. The van der Waals surface area contributed by atoms with Crippen LogP contribution in [-0.2, 0) is 0 Å². The van der Waals surface area contributed by atoms with Gasteiger partial charge in [0.25, 0.3) is 5.91 Å². The van der Waals surface area contributed by atoms with Gasteiger partial charge in [0.1, 0.15) is 0 Å². The SMILES string of the molecule is CNc1cc(C(=O)Nc2nnc(N/C(C)=C\C=N)s2)oc(=O)c1OC. The predicted octanol–water partition coefficient (Wildman–Crippen LogP) is 1.76. The summed E-state index contributed by atoms with van der Waals surface area (Å²) in [4.78, 5) is 24.1. The van der Waals surface area contributed by atoms with Crippen LogP contribution in [0, 0.1) is 5.41 Å². The third kappa shape index (κ3) is 4.41. The first-order valence-corrected chi connectivity index (χ1v) is 7.79. The van der Waals surface area contributed by atoms with Crippen molar-refractivity contribution in [1.29, 1.82) is 5.41 Å². The number of allylic oxidation sites excluding steroid dienone is 2. The first-order chi connectivity index (χ1) is 12.0. The van der Waals surface area contributed by atoms with Gasteiger partial charge in [0.15, 0.2) is 5.76 Å². The van der Waals surface area contributed by atoms with Crippen LogP contribution in [0.1, 0.15) is 17.5 Å². The minimum Gasteiger partial charge on any atom is -0.488 e. The fraction of sp³-hybridized carbons (Fsp3) is 0.214. The highest BCUT2D eigenvalue weighted by Crippen LogP contribution is 2.23. The molecule has 11 heteroatoms. The minimum atomic E-state index is -0.772. The van der Waals surface area contributed by atoms with Crippen molar-refractivity contribution in [3.8, 4) is 5.75 Å². The van der Waals surface area contributed by atoms with Gasteiger partial charge in [-0.1, -0.05) is 11.3 Å². The topological polar surface area (TPSA) is 142 Å². The number of rotatable bonds is 7. The van der Waals surface area contributed by atoms with Gasteiger partial charge in [0.05, 0.1) is 12.8 Å². The number of aromatic nitrogens is 2. The van der Waals surface area contributed by atoms with Gasteiger partial charge in [-0.2, -0.15) is 0 Å². The molecule has 0 bridgehead atoms. The average Bonchev–Trinajstić information content (AvgIpc) is 3.00. The van der Waals surface area contributed by atoms with E-state index in [1.54, 1.807) is 20.0 Å². The van der Waals surface area contributed by atoms with Crippen LogP contribution in [0.25, 0.3) is 0 Å². The monoisotopic (exact) mass is 364 g/mol. The number of nitrogens with zero attached hydrogens (tertiary/aromatic N) is 2. The molecule has 10 nitrogen and oxygen atoms in total. The second-order valence-electron chi connectivity index (χ2n) is 4.60. The molecule has 0 unspecified atom stereocenters. The number of carbonyl (C=O) groups is 1. The molecule has 0 aromatic carbocycles. The van der Waals surface area contributed by atoms with Gasteiger partial charge in [-0.25, -0.2) is 4.79 Å². The molecule has 2 heterocycles. The summed E-state index contributed by atoms with van der Waals surface area (Å²) in [5, 5.41) is 23.5. The number of ether oxygens (including phenoxy) is 1. The number of hydrogen-bond acceptors (Lipinski definition) is 10. The summed E-state index contributed by atoms with van der Waals surface area (Å²) < 4.78 is 9.88. The lowest BCUT2D eigenvalue weighted by molar-refractivity contribution is 0.0991. The molecule has 4 N–H and O–H groups in total. The molecular formula is C14H16N6O4S. The number of amides is 1. The van der Waals surface area contributed by atoms with E-state index < -0.39 is 11.5 Å². The number of methoxy groups -OCH3 is 1. The molecule has 0 saturated carbocycles. The van der Waals surface area contributed by atoms with E-state index in [-0.39, 0.29) is 16.6 Å². The highest BCUT2D eigenvalue weighted by molar-refractivity contribution is 7.19. The lowest BCUT2D eigenvalue weighted by Crippen LogP contribution is -2.16. The zero-order valence-corrected chi connectivity index (χ0v) is 14.5. The molecule has 2 aromatic heterocycles. The van der Waals surface area contributed by atoms with Gasteiger partial charge < -0.3 is 25.2 Å². The highest BCUT2D eigenvalue weighted by atomic mass is 32.1. The molecule has 2 aromatic rings. The van der Waals surface area contributed by atoms with E-state index in [0.717, 1.165) is 17.6 Å². The maximum atomic E-state index is 12.2. The largest absolute Gasteiger partial charge is 0.488 e. The van der Waals surface area contributed by atoms with E-state index in [0.29, 0.717) is 16.5 Å². The van der Waals surface area contributed by atoms with Gasteiger partial charge in [0.2, 0.25) is 16.0 Å². The fourth-order valence-electron chi connectivity index (χ4n) is 1.79. The van der Waals surface area contributed by atoms with Crippen molar-refractivity contribution in [3.63, 3.8) is 0 Å².